The molecule has 15 heavy (non-hydrogen) atoms. The molecule has 0 aromatic carbocycles. The number of hydrogen-bond acceptors (Lipinski definition) is 4. The van der Waals surface area contributed by atoms with Gasteiger partial charge in [-0.3, -0.25) is 16.3 Å². The topological polar surface area (TPSA) is 50.9 Å². The molecule has 2 fully saturated rings. The van der Waals surface area contributed by atoms with Crippen molar-refractivity contribution >= 4 is 11.3 Å². The summed E-state index contributed by atoms with van der Waals surface area (Å²) in [6.07, 6.45) is 7.31. The molecule has 2 aliphatic rings. The van der Waals surface area contributed by atoms with E-state index in [2.05, 4.69) is 10.4 Å². The summed E-state index contributed by atoms with van der Waals surface area (Å²) in [5.41, 5.74) is 4.91. The van der Waals surface area contributed by atoms with Crippen LogP contribution in [0.4, 0.5) is 0 Å². The number of thiazole rings is 1. The third-order valence-electron chi connectivity index (χ3n) is 4.06. The summed E-state index contributed by atoms with van der Waals surface area (Å²) in [5, 5.41) is 0. The fourth-order valence-electron chi connectivity index (χ4n) is 3.34. The Hall–Kier alpha value is -0.450. The van der Waals surface area contributed by atoms with Crippen molar-refractivity contribution in [2.45, 2.75) is 31.7 Å². The van der Waals surface area contributed by atoms with Crippen LogP contribution in [-0.2, 0) is 6.42 Å². The van der Waals surface area contributed by atoms with Crippen LogP contribution in [0.3, 0.4) is 0 Å². The summed E-state index contributed by atoms with van der Waals surface area (Å²) in [7, 11) is 0. The molecule has 3 N–H and O–H groups in total. The molecule has 1 heterocycles. The number of nitrogens with zero attached hydrogens (tertiary/aromatic N) is 1. The van der Waals surface area contributed by atoms with E-state index in [-0.39, 0.29) is 0 Å². The van der Waals surface area contributed by atoms with Crippen LogP contribution in [0, 0.1) is 17.8 Å². The summed E-state index contributed by atoms with van der Waals surface area (Å²) in [6, 6.07) is 0.473. The van der Waals surface area contributed by atoms with E-state index in [0.29, 0.717) is 6.04 Å². The van der Waals surface area contributed by atoms with Crippen LogP contribution in [-0.4, -0.2) is 11.0 Å². The second-order valence-corrected chi connectivity index (χ2v) is 5.75. The summed E-state index contributed by atoms with van der Waals surface area (Å²) >= 11 is 1.73. The number of nitrogens with two attached hydrogens (primary N) is 1. The van der Waals surface area contributed by atoms with E-state index in [9.17, 15) is 0 Å². The van der Waals surface area contributed by atoms with Gasteiger partial charge in [-0.25, -0.2) is 0 Å². The number of fused-ring (bicyclic) bond motifs is 1. The van der Waals surface area contributed by atoms with Crippen molar-refractivity contribution in [1.29, 1.82) is 0 Å². The smallest absolute Gasteiger partial charge is 0.0794 e. The third-order valence-corrected chi connectivity index (χ3v) is 4.86. The van der Waals surface area contributed by atoms with Gasteiger partial charge in [0.2, 0.25) is 0 Å². The van der Waals surface area contributed by atoms with Crippen LogP contribution in [0.15, 0.2) is 11.7 Å². The zero-order chi connectivity index (χ0) is 10.3. The van der Waals surface area contributed by atoms with Crippen molar-refractivity contribution in [2.24, 2.45) is 23.6 Å². The van der Waals surface area contributed by atoms with Crippen molar-refractivity contribution in [1.82, 2.24) is 10.4 Å². The quantitative estimate of drug-likeness (QED) is 0.601. The second kappa shape index (κ2) is 3.85. The lowest BCUT2D eigenvalue weighted by Gasteiger charge is -2.16. The van der Waals surface area contributed by atoms with Crippen molar-refractivity contribution in [2.75, 3.05) is 0 Å². The van der Waals surface area contributed by atoms with E-state index in [0.717, 1.165) is 24.2 Å². The lowest BCUT2D eigenvalue weighted by atomic mass is 10.0. The maximum Gasteiger partial charge on any atom is 0.0794 e. The third kappa shape index (κ3) is 1.71. The fraction of sp³-hybridized carbons (Fsp3) is 0.727. The minimum Gasteiger partial charge on any atom is -0.271 e. The van der Waals surface area contributed by atoms with Gasteiger partial charge in [0.15, 0.2) is 0 Å². The van der Waals surface area contributed by atoms with Crippen LogP contribution in [0.25, 0.3) is 0 Å². The SMILES string of the molecule is NNC(Cc1cncs1)C1C2CCCC21. The maximum absolute atomic E-state index is 5.67. The van der Waals surface area contributed by atoms with Gasteiger partial charge in [0.1, 0.15) is 0 Å². The minimum absolute atomic E-state index is 0.473. The average molecular weight is 223 g/mol. The van der Waals surface area contributed by atoms with Crippen molar-refractivity contribution in [3.05, 3.63) is 16.6 Å². The van der Waals surface area contributed by atoms with Gasteiger partial charge >= 0.3 is 0 Å². The molecule has 82 valence electrons. The first-order valence-corrected chi connectivity index (χ1v) is 6.61. The lowest BCUT2D eigenvalue weighted by molar-refractivity contribution is 0.412. The number of rotatable bonds is 4. The summed E-state index contributed by atoms with van der Waals surface area (Å²) in [5.74, 6) is 8.45. The largest absolute Gasteiger partial charge is 0.271 e. The molecular formula is C11H17N3S. The van der Waals surface area contributed by atoms with Gasteiger partial charge in [-0.15, -0.1) is 11.3 Å². The molecule has 3 nitrogen and oxygen atoms in total. The zero-order valence-corrected chi connectivity index (χ0v) is 9.54. The van der Waals surface area contributed by atoms with Crippen molar-refractivity contribution in [3.8, 4) is 0 Å². The number of nitrogens with one attached hydrogen (secondary N) is 1. The molecule has 0 radical (unpaired) electrons. The van der Waals surface area contributed by atoms with Crippen molar-refractivity contribution in [3.63, 3.8) is 0 Å². The van der Waals surface area contributed by atoms with E-state index < -0.39 is 0 Å². The van der Waals surface area contributed by atoms with Crippen LogP contribution in [0.2, 0.25) is 0 Å². The molecule has 0 saturated heterocycles. The molecule has 3 atom stereocenters. The molecule has 2 aliphatic carbocycles. The van der Waals surface area contributed by atoms with Gasteiger partial charge in [-0.2, -0.15) is 0 Å². The first-order chi connectivity index (χ1) is 7.40. The standard InChI is InChI=1S/C11H17N3S/c12-14-10(4-7-5-13-6-15-7)11-8-2-1-3-9(8)11/h5-6,8-11,14H,1-4,12H2. The predicted octanol–water partition coefficient (Wildman–Crippen LogP) is 1.56. The van der Waals surface area contributed by atoms with E-state index in [1.54, 1.807) is 11.3 Å². The molecule has 0 amide bonds. The van der Waals surface area contributed by atoms with Gasteiger partial charge in [-0.1, -0.05) is 6.42 Å². The molecule has 3 rings (SSSR count). The summed E-state index contributed by atoms with van der Waals surface area (Å²) in [6.45, 7) is 0. The molecule has 0 aliphatic heterocycles. The van der Waals surface area contributed by atoms with Gasteiger partial charge in [0.05, 0.1) is 5.51 Å². The molecule has 1 aromatic heterocycles. The van der Waals surface area contributed by atoms with Gasteiger partial charge < -0.3 is 0 Å². The average Bonchev–Trinajstić information content (AvgIpc) is 2.73. The van der Waals surface area contributed by atoms with Crippen LogP contribution in [0.5, 0.6) is 0 Å². The summed E-state index contributed by atoms with van der Waals surface area (Å²) < 4.78 is 0. The normalized spacial score (nSPS) is 35.1. The highest BCUT2D eigenvalue weighted by Crippen LogP contribution is 2.59. The summed E-state index contributed by atoms with van der Waals surface area (Å²) in [4.78, 5) is 5.46. The van der Waals surface area contributed by atoms with Crippen LogP contribution < -0.4 is 11.3 Å². The van der Waals surface area contributed by atoms with E-state index in [1.165, 1.54) is 24.1 Å². The highest BCUT2D eigenvalue weighted by atomic mass is 32.1. The maximum atomic E-state index is 5.67. The Balaban J connectivity index is 1.63. The van der Waals surface area contributed by atoms with Crippen LogP contribution in [0.1, 0.15) is 24.1 Å². The Morgan fingerprint density at radius 2 is 2.33 bits per heavy atom. The van der Waals surface area contributed by atoms with Crippen molar-refractivity contribution < 1.29 is 0 Å². The predicted molar refractivity (Wildman–Crippen MR) is 61.3 cm³/mol. The van der Waals surface area contributed by atoms with E-state index in [4.69, 9.17) is 5.84 Å². The molecular weight excluding hydrogens is 206 g/mol. The lowest BCUT2D eigenvalue weighted by Crippen LogP contribution is -2.39. The Morgan fingerprint density at radius 1 is 1.53 bits per heavy atom. The molecule has 2 saturated carbocycles. The van der Waals surface area contributed by atoms with Gasteiger partial charge in [-0.05, 0) is 30.6 Å². The molecule has 1 aromatic rings. The monoisotopic (exact) mass is 223 g/mol. The Kier molecular flexibility index (Phi) is 2.50. The van der Waals surface area contributed by atoms with Gasteiger partial charge in [0, 0.05) is 23.5 Å². The van der Waals surface area contributed by atoms with E-state index >= 15 is 0 Å². The minimum atomic E-state index is 0.473. The fourth-order valence-corrected chi connectivity index (χ4v) is 3.99. The van der Waals surface area contributed by atoms with E-state index in [1.807, 2.05) is 11.7 Å². The molecule has 4 heteroatoms. The number of hydrazine groups is 1. The highest BCUT2D eigenvalue weighted by molar-refractivity contribution is 7.09. The van der Waals surface area contributed by atoms with Crippen LogP contribution >= 0.6 is 11.3 Å². The second-order valence-electron chi connectivity index (χ2n) is 4.78. The Bertz CT molecular complexity index is 315. The highest BCUT2D eigenvalue weighted by Gasteiger charge is 2.55. The molecule has 0 spiro atoms. The first kappa shape index (κ1) is 9.75. The number of aromatic nitrogens is 1. The first-order valence-electron chi connectivity index (χ1n) is 5.73. The number of hydrogen-bond donors (Lipinski definition) is 2. The zero-order valence-electron chi connectivity index (χ0n) is 8.73. The van der Waals surface area contributed by atoms with Gasteiger partial charge in [0.25, 0.3) is 0 Å². The molecule has 0 bridgehead atoms. The Morgan fingerprint density at radius 3 is 2.93 bits per heavy atom. The Labute approximate surface area is 94.1 Å². The molecule has 3 unspecified atom stereocenters.